The summed E-state index contributed by atoms with van der Waals surface area (Å²) < 4.78 is 16.5. The zero-order valence-electron chi connectivity index (χ0n) is 19.3. The molecule has 5 rings (SSSR count). The van der Waals surface area contributed by atoms with E-state index in [4.69, 9.17) is 30.6 Å². The number of methoxy groups -OCH3 is 3. The van der Waals surface area contributed by atoms with Gasteiger partial charge in [-0.1, -0.05) is 41.9 Å². The first-order chi connectivity index (χ1) is 17.0. The SMILES string of the molecule is COc1cc(C2C3C(=O)N(c4ccccc4Cl)C(=O)C3ON2c2ccccc2)cc(OC)c1OC. The number of ether oxygens (including phenoxy) is 3. The highest BCUT2D eigenvalue weighted by molar-refractivity contribution is 6.36. The summed E-state index contributed by atoms with van der Waals surface area (Å²) in [6.07, 6.45) is -1.02. The van der Waals surface area contributed by atoms with Gasteiger partial charge in [0.2, 0.25) is 11.7 Å². The fourth-order valence-corrected chi connectivity index (χ4v) is 4.92. The number of hydrogen-bond donors (Lipinski definition) is 0. The minimum absolute atomic E-state index is 0.304. The average molecular weight is 495 g/mol. The molecule has 35 heavy (non-hydrogen) atoms. The number of nitrogens with zero attached hydrogens (tertiary/aromatic N) is 2. The highest BCUT2D eigenvalue weighted by atomic mass is 35.5. The molecule has 0 bridgehead atoms. The number of fused-ring (bicyclic) bond motifs is 1. The fourth-order valence-electron chi connectivity index (χ4n) is 4.69. The van der Waals surface area contributed by atoms with Crippen molar-refractivity contribution in [3.8, 4) is 17.2 Å². The molecule has 9 heteroatoms. The topological polar surface area (TPSA) is 77.5 Å². The maximum Gasteiger partial charge on any atom is 0.266 e. The lowest BCUT2D eigenvalue weighted by Crippen LogP contribution is -2.37. The summed E-state index contributed by atoms with van der Waals surface area (Å²) in [6.45, 7) is 0. The van der Waals surface area contributed by atoms with Crippen LogP contribution in [0, 0.1) is 5.92 Å². The van der Waals surface area contributed by atoms with E-state index in [-0.39, 0.29) is 0 Å². The van der Waals surface area contributed by atoms with Crippen LogP contribution in [0.5, 0.6) is 17.2 Å². The van der Waals surface area contributed by atoms with Crippen LogP contribution >= 0.6 is 11.6 Å². The lowest BCUT2D eigenvalue weighted by atomic mass is 9.90. The summed E-state index contributed by atoms with van der Waals surface area (Å²) in [5, 5.41) is 1.91. The van der Waals surface area contributed by atoms with E-state index in [1.54, 1.807) is 41.5 Å². The Labute approximate surface area is 207 Å². The number of anilines is 2. The molecule has 0 N–H and O–H groups in total. The van der Waals surface area contributed by atoms with E-state index >= 15 is 0 Å². The van der Waals surface area contributed by atoms with Crippen LogP contribution in [0.15, 0.2) is 66.7 Å². The van der Waals surface area contributed by atoms with Crippen molar-refractivity contribution in [2.45, 2.75) is 12.1 Å². The number of amides is 2. The Morgan fingerprint density at radius 2 is 1.46 bits per heavy atom. The Bertz CT molecular complexity index is 1260. The molecule has 3 atom stereocenters. The molecule has 0 spiro atoms. The Morgan fingerprint density at radius 3 is 2.06 bits per heavy atom. The van der Waals surface area contributed by atoms with Gasteiger partial charge in [-0.2, -0.15) is 0 Å². The second-order valence-corrected chi connectivity index (χ2v) is 8.49. The molecule has 3 unspecified atom stereocenters. The summed E-state index contributed by atoms with van der Waals surface area (Å²) in [5.74, 6) is -0.417. The molecular weight excluding hydrogens is 472 g/mol. The van der Waals surface area contributed by atoms with Crippen molar-refractivity contribution in [2.24, 2.45) is 5.92 Å². The number of para-hydroxylation sites is 2. The standard InChI is InChI=1S/C26H23ClN2O6/c1-32-19-13-15(14-20(33-2)23(19)34-3)22-21-24(35-29(22)16-9-5-4-6-10-16)26(31)28(25(21)30)18-12-8-7-11-17(18)27/h4-14,21-22,24H,1-3H3. The summed E-state index contributed by atoms with van der Waals surface area (Å²) >= 11 is 6.34. The molecule has 8 nitrogen and oxygen atoms in total. The molecule has 2 heterocycles. The van der Waals surface area contributed by atoms with E-state index in [2.05, 4.69) is 0 Å². The molecule has 2 aliphatic heterocycles. The first-order valence-electron chi connectivity index (χ1n) is 10.9. The molecule has 3 aromatic rings. The lowest BCUT2D eigenvalue weighted by Gasteiger charge is -2.29. The number of carbonyl (C=O) groups excluding carboxylic acids is 2. The quantitative estimate of drug-likeness (QED) is 0.469. The van der Waals surface area contributed by atoms with E-state index in [0.29, 0.717) is 39.2 Å². The van der Waals surface area contributed by atoms with Gasteiger partial charge in [0.05, 0.1) is 43.8 Å². The zero-order valence-corrected chi connectivity index (χ0v) is 20.1. The van der Waals surface area contributed by atoms with Gasteiger partial charge in [0, 0.05) is 0 Å². The predicted molar refractivity (Wildman–Crippen MR) is 130 cm³/mol. The van der Waals surface area contributed by atoms with E-state index in [0.717, 1.165) is 4.90 Å². The average Bonchev–Trinajstić information content (AvgIpc) is 3.40. The Kier molecular flexibility index (Phi) is 6.00. The highest BCUT2D eigenvalue weighted by Crippen LogP contribution is 2.50. The minimum atomic E-state index is -1.02. The minimum Gasteiger partial charge on any atom is -0.493 e. The largest absolute Gasteiger partial charge is 0.493 e. The van der Waals surface area contributed by atoms with Gasteiger partial charge in [-0.3, -0.25) is 14.4 Å². The van der Waals surface area contributed by atoms with E-state index < -0.39 is 29.9 Å². The number of benzene rings is 3. The van der Waals surface area contributed by atoms with Crippen molar-refractivity contribution < 1.29 is 28.6 Å². The zero-order chi connectivity index (χ0) is 24.7. The van der Waals surface area contributed by atoms with Gasteiger partial charge >= 0.3 is 0 Å². The number of carbonyl (C=O) groups is 2. The maximum absolute atomic E-state index is 13.8. The van der Waals surface area contributed by atoms with Gasteiger partial charge in [-0.15, -0.1) is 0 Å². The smallest absolute Gasteiger partial charge is 0.266 e. The molecule has 0 radical (unpaired) electrons. The molecule has 3 aromatic carbocycles. The first kappa shape index (κ1) is 23.0. The first-order valence-corrected chi connectivity index (χ1v) is 11.3. The number of hydroxylamine groups is 1. The normalized spacial score (nSPS) is 21.3. The van der Waals surface area contributed by atoms with Crippen molar-refractivity contribution in [1.29, 1.82) is 0 Å². The Hall–Kier alpha value is -3.75. The monoisotopic (exact) mass is 494 g/mol. The van der Waals surface area contributed by atoms with Crippen LogP contribution in [0.4, 0.5) is 11.4 Å². The molecule has 2 aliphatic rings. The molecule has 2 fully saturated rings. The highest BCUT2D eigenvalue weighted by Gasteiger charge is 2.60. The predicted octanol–water partition coefficient (Wildman–Crippen LogP) is 4.42. The van der Waals surface area contributed by atoms with Gasteiger partial charge < -0.3 is 14.2 Å². The Morgan fingerprint density at radius 1 is 0.829 bits per heavy atom. The molecule has 180 valence electrons. The van der Waals surface area contributed by atoms with Gasteiger partial charge in [0.25, 0.3) is 5.91 Å². The van der Waals surface area contributed by atoms with Crippen LogP contribution in [-0.2, 0) is 14.4 Å². The second-order valence-electron chi connectivity index (χ2n) is 8.08. The van der Waals surface area contributed by atoms with Crippen LogP contribution in [0.1, 0.15) is 11.6 Å². The van der Waals surface area contributed by atoms with Crippen LogP contribution < -0.4 is 24.2 Å². The maximum atomic E-state index is 13.8. The third-order valence-electron chi connectivity index (χ3n) is 6.25. The van der Waals surface area contributed by atoms with Crippen molar-refractivity contribution >= 4 is 34.8 Å². The number of halogens is 1. The Balaban J connectivity index is 1.65. The molecule has 2 amide bonds. The van der Waals surface area contributed by atoms with Crippen LogP contribution in [0.2, 0.25) is 5.02 Å². The molecule has 0 aromatic heterocycles. The van der Waals surface area contributed by atoms with Crippen molar-refractivity contribution in [2.75, 3.05) is 31.3 Å². The summed E-state index contributed by atoms with van der Waals surface area (Å²) in [6, 6.07) is 18.9. The number of imide groups is 1. The van der Waals surface area contributed by atoms with Crippen molar-refractivity contribution in [3.63, 3.8) is 0 Å². The molecule has 0 aliphatic carbocycles. The van der Waals surface area contributed by atoms with Gasteiger partial charge in [-0.05, 0) is 42.0 Å². The van der Waals surface area contributed by atoms with Crippen molar-refractivity contribution in [1.82, 2.24) is 0 Å². The molecule has 2 saturated heterocycles. The van der Waals surface area contributed by atoms with E-state index in [9.17, 15) is 9.59 Å². The second kappa shape index (κ2) is 9.13. The van der Waals surface area contributed by atoms with Crippen LogP contribution in [0.25, 0.3) is 0 Å². The van der Waals surface area contributed by atoms with Crippen molar-refractivity contribution in [3.05, 3.63) is 77.3 Å². The van der Waals surface area contributed by atoms with Crippen LogP contribution in [-0.4, -0.2) is 39.2 Å². The van der Waals surface area contributed by atoms with Gasteiger partial charge in [-0.25, -0.2) is 9.96 Å². The summed E-state index contributed by atoms with van der Waals surface area (Å²) in [7, 11) is 4.56. The fraction of sp³-hybridized carbons (Fsp3) is 0.231. The van der Waals surface area contributed by atoms with E-state index in [1.807, 2.05) is 30.3 Å². The molecular formula is C26H23ClN2O6. The van der Waals surface area contributed by atoms with E-state index in [1.165, 1.54) is 21.3 Å². The third-order valence-corrected chi connectivity index (χ3v) is 6.57. The number of hydrogen-bond acceptors (Lipinski definition) is 7. The number of rotatable bonds is 6. The van der Waals surface area contributed by atoms with Crippen LogP contribution in [0.3, 0.4) is 0 Å². The van der Waals surface area contributed by atoms with Gasteiger partial charge in [0.15, 0.2) is 17.6 Å². The third kappa shape index (κ3) is 3.66. The summed E-state index contributed by atoms with van der Waals surface area (Å²) in [4.78, 5) is 34.6. The summed E-state index contributed by atoms with van der Waals surface area (Å²) in [5.41, 5.74) is 1.70. The van der Waals surface area contributed by atoms with Gasteiger partial charge in [0.1, 0.15) is 5.92 Å². The molecule has 0 saturated carbocycles. The lowest BCUT2D eigenvalue weighted by molar-refractivity contribution is -0.126.